The van der Waals surface area contributed by atoms with Crippen molar-refractivity contribution in [1.29, 1.82) is 0 Å². The highest BCUT2D eigenvalue weighted by atomic mass is 14.1. The molecule has 0 N–H and O–H groups in total. The molecule has 0 amide bonds. The molecular formula is C19H24. The zero-order valence-corrected chi connectivity index (χ0v) is 12.4. The lowest BCUT2D eigenvalue weighted by Gasteiger charge is -2.10. The Bertz CT molecular complexity index is 517. The Labute approximate surface area is 117 Å². The Morgan fingerprint density at radius 1 is 0.737 bits per heavy atom. The van der Waals surface area contributed by atoms with Crippen molar-refractivity contribution in [2.45, 2.75) is 46.5 Å². The van der Waals surface area contributed by atoms with E-state index in [9.17, 15) is 0 Å². The minimum atomic E-state index is 1.14. The average molecular weight is 252 g/mol. The smallest absolute Gasteiger partial charge is 0.0233 e. The van der Waals surface area contributed by atoms with Gasteiger partial charge < -0.3 is 0 Å². The summed E-state index contributed by atoms with van der Waals surface area (Å²) in [4.78, 5) is 0. The van der Waals surface area contributed by atoms with Crippen LogP contribution < -0.4 is 0 Å². The van der Waals surface area contributed by atoms with Gasteiger partial charge in [0.1, 0.15) is 0 Å². The minimum Gasteiger partial charge on any atom is -0.0651 e. The maximum atomic E-state index is 2.37. The van der Waals surface area contributed by atoms with E-state index in [4.69, 9.17) is 0 Å². The van der Waals surface area contributed by atoms with Gasteiger partial charge in [-0.05, 0) is 60.9 Å². The van der Waals surface area contributed by atoms with Crippen LogP contribution in [0.2, 0.25) is 0 Å². The highest BCUT2D eigenvalue weighted by Gasteiger charge is 2.03. The highest BCUT2D eigenvalue weighted by molar-refractivity contribution is 5.34. The van der Waals surface area contributed by atoms with Crippen molar-refractivity contribution in [1.82, 2.24) is 0 Å². The molecule has 0 atom stereocenters. The van der Waals surface area contributed by atoms with Gasteiger partial charge in [-0.25, -0.2) is 0 Å². The number of hydrogen-bond acceptors (Lipinski definition) is 0. The second-order valence-electron chi connectivity index (χ2n) is 5.44. The topological polar surface area (TPSA) is 0 Å². The van der Waals surface area contributed by atoms with Gasteiger partial charge in [0.15, 0.2) is 0 Å². The first-order valence-corrected chi connectivity index (χ1v) is 7.33. The van der Waals surface area contributed by atoms with E-state index < -0.39 is 0 Å². The van der Waals surface area contributed by atoms with Gasteiger partial charge in [-0.15, -0.1) is 0 Å². The van der Waals surface area contributed by atoms with Crippen molar-refractivity contribution >= 4 is 0 Å². The second kappa shape index (κ2) is 6.56. The van der Waals surface area contributed by atoms with Crippen LogP contribution in [-0.2, 0) is 19.3 Å². The minimum absolute atomic E-state index is 1.14. The van der Waals surface area contributed by atoms with Gasteiger partial charge in [-0.1, -0.05) is 55.8 Å². The molecule has 0 heteroatoms. The van der Waals surface area contributed by atoms with Gasteiger partial charge in [-0.3, -0.25) is 0 Å². The molecule has 0 aliphatic rings. The molecule has 2 aromatic rings. The first-order chi connectivity index (χ1) is 9.20. The second-order valence-corrected chi connectivity index (χ2v) is 5.44. The standard InChI is InChI=1S/C19H24/c1-4-7-17-10-6-11-18(14-17)12-13-19-15(2)8-5-9-16(19)3/h5-6,8-11,14H,4,7,12-13H2,1-3H3. The van der Waals surface area contributed by atoms with E-state index in [-0.39, 0.29) is 0 Å². The molecule has 19 heavy (non-hydrogen) atoms. The summed E-state index contributed by atoms with van der Waals surface area (Å²) in [6.45, 7) is 6.68. The van der Waals surface area contributed by atoms with E-state index in [1.54, 1.807) is 0 Å². The van der Waals surface area contributed by atoms with Gasteiger partial charge in [0.2, 0.25) is 0 Å². The van der Waals surface area contributed by atoms with Crippen LogP contribution in [0.15, 0.2) is 42.5 Å². The van der Waals surface area contributed by atoms with Gasteiger partial charge >= 0.3 is 0 Å². The third-order valence-corrected chi connectivity index (χ3v) is 3.84. The summed E-state index contributed by atoms with van der Waals surface area (Å²) in [6.07, 6.45) is 4.70. The molecule has 2 aromatic carbocycles. The van der Waals surface area contributed by atoms with Gasteiger partial charge in [-0.2, -0.15) is 0 Å². The lowest BCUT2D eigenvalue weighted by molar-refractivity contribution is 0.902. The van der Waals surface area contributed by atoms with Crippen molar-refractivity contribution in [3.8, 4) is 0 Å². The predicted molar refractivity (Wildman–Crippen MR) is 83.8 cm³/mol. The average Bonchev–Trinajstić information content (AvgIpc) is 2.39. The molecule has 0 saturated carbocycles. The Hall–Kier alpha value is -1.56. The summed E-state index contributed by atoms with van der Waals surface area (Å²) in [5, 5.41) is 0. The molecule has 0 unspecified atom stereocenters. The summed E-state index contributed by atoms with van der Waals surface area (Å²) < 4.78 is 0. The number of hydrogen-bond donors (Lipinski definition) is 0. The zero-order valence-electron chi connectivity index (χ0n) is 12.4. The van der Waals surface area contributed by atoms with Crippen molar-refractivity contribution in [2.24, 2.45) is 0 Å². The zero-order chi connectivity index (χ0) is 13.7. The Kier molecular flexibility index (Phi) is 4.79. The van der Waals surface area contributed by atoms with Crippen molar-refractivity contribution in [2.75, 3.05) is 0 Å². The van der Waals surface area contributed by atoms with E-state index in [2.05, 4.69) is 63.2 Å². The number of aryl methyl sites for hydroxylation is 4. The molecule has 0 aliphatic carbocycles. The van der Waals surface area contributed by atoms with E-state index >= 15 is 0 Å². The maximum Gasteiger partial charge on any atom is -0.0233 e. The van der Waals surface area contributed by atoms with Gasteiger partial charge in [0.05, 0.1) is 0 Å². The fraction of sp³-hybridized carbons (Fsp3) is 0.368. The van der Waals surface area contributed by atoms with Crippen LogP contribution in [0.4, 0.5) is 0 Å². The molecule has 0 nitrogen and oxygen atoms in total. The lowest BCUT2D eigenvalue weighted by atomic mass is 9.95. The first-order valence-electron chi connectivity index (χ1n) is 7.33. The quantitative estimate of drug-likeness (QED) is 0.699. The molecule has 0 heterocycles. The summed E-state index contributed by atoms with van der Waals surface area (Å²) >= 11 is 0. The Balaban J connectivity index is 2.08. The van der Waals surface area contributed by atoms with Crippen LogP contribution in [0.3, 0.4) is 0 Å². The molecule has 0 saturated heterocycles. The molecule has 0 aromatic heterocycles. The third kappa shape index (κ3) is 3.70. The molecule has 0 aliphatic heterocycles. The van der Waals surface area contributed by atoms with Crippen molar-refractivity contribution in [3.05, 3.63) is 70.3 Å². The van der Waals surface area contributed by atoms with E-state index in [1.807, 2.05) is 0 Å². The predicted octanol–water partition coefficient (Wildman–Crippen LogP) is 5.04. The van der Waals surface area contributed by atoms with Crippen molar-refractivity contribution < 1.29 is 0 Å². The maximum absolute atomic E-state index is 2.37. The SMILES string of the molecule is CCCc1cccc(CCc2c(C)cccc2C)c1. The Morgan fingerprint density at radius 2 is 1.32 bits per heavy atom. The molecule has 0 fully saturated rings. The van der Waals surface area contributed by atoms with Crippen LogP contribution in [0, 0.1) is 13.8 Å². The molecule has 100 valence electrons. The third-order valence-electron chi connectivity index (χ3n) is 3.84. The summed E-state index contributed by atoms with van der Waals surface area (Å²) in [5.74, 6) is 0. The highest BCUT2D eigenvalue weighted by Crippen LogP contribution is 2.17. The molecule has 0 bridgehead atoms. The van der Waals surface area contributed by atoms with Gasteiger partial charge in [0, 0.05) is 0 Å². The Morgan fingerprint density at radius 3 is 1.95 bits per heavy atom. The van der Waals surface area contributed by atoms with E-state index in [1.165, 1.54) is 40.7 Å². The van der Waals surface area contributed by atoms with Crippen molar-refractivity contribution in [3.63, 3.8) is 0 Å². The molecule has 0 radical (unpaired) electrons. The summed E-state index contributed by atoms with van der Waals surface area (Å²) in [7, 11) is 0. The fourth-order valence-electron chi connectivity index (χ4n) is 2.74. The van der Waals surface area contributed by atoms with Crippen LogP contribution >= 0.6 is 0 Å². The van der Waals surface area contributed by atoms with Crippen LogP contribution in [-0.4, -0.2) is 0 Å². The normalized spacial score (nSPS) is 10.7. The van der Waals surface area contributed by atoms with E-state index in [0.717, 1.165) is 12.8 Å². The van der Waals surface area contributed by atoms with Crippen LogP contribution in [0.1, 0.15) is 41.2 Å². The number of benzene rings is 2. The fourth-order valence-corrected chi connectivity index (χ4v) is 2.74. The van der Waals surface area contributed by atoms with Gasteiger partial charge in [0.25, 0.3) is 0 Å². The van der Waals surface area contributed by atoms with Crippen LogP contribution in [0.5, 0.6) is 0 Å². The van der Waals surface area contributed by atoms with E-state index in [0.29, 0.717) is 0 Å². The summed E-state index contributed by atoms with van der Waals surface area (Å²) in [5.41, 5.74) is 7.30. The lowest BCUT2D eigenvalue weighted by Crippen LogP contribution is -1.97. The number of rotatable bonds is 5. The molecule has 0 spiro atoms. The molecular weight excluding hydrogens is 228 g/mol. The molecule has 2 rings (SSSR count). The first kappa shape index (κ1) is 13.9. The summed E-state index contributed by atoms with van der Waals surface area (Å²) in [6, 6.07) is 15.7. The van der Waals surface area contributed by atoms with Crippen LogP contribution in [0.25, 0.3) is 0 Å². The monoisotopic (exact) mass is 252 g/mol. The largest absolute Gasteiger partial charge is 0.0651 e.